The van der Waals surface area contributed by atoms with Crippen LogP contribution in [0.5, 0.6) is 0 Å². The quantitative estimate of drug-likeness (QED) is 0.648. The van der Waals surface area contributed by atoms with E-state index < -0.39 is 0 Å². The lowest BCUT2D eigenvalue weighted by Crippen LogP contribution is -2.52. The summed E-state index contributed by atoms with van der Waals surface area (Å²) in [5.41, 5.74) is 4.53. The fourth-order valence-electron chi connectivity index (χ4n) is 5.40. The summed E-state index contributed by atoms with van der Waals surface area (Å²) in [6.07, 6.45) is 7.25. The Kier molecular flexibility index (Phi) is 3.72. The van der Waals surface area contributed by atoms with Gasteiger partial charge in [-0.1, -0.05) is 23.7 Å². The highest BCUT2D eigenvalue weighted by Crippen LogP contribution is 2.60. The van der Waals surface area contributed by atoms with Crippen LogP contribution in [0.1, 0.15) is 51.0 Å². The van der Waals surface area contributed by atoms with Gasteiger partial charge in [-0.25, -0.2) is 5.43 Å². The van der Waals surface area contributed by atoms with Crippen LogP contribution in [0, 0.1) is 23.2 Å². The second kappa shape index (κ2) is 5.62. The summed E-state index contributed by atoms with van der Waals surface area (Å²) in [5, 5.41) is 5.06. The molecule has 0 aromatic heterocycles. The summed E-state index contributed by atoms with van der Waals surface area (Å²) in [5.74, 6) is 2.46. The van der Waals surface area contributed by atoms with Crippen LogP contribution in [0.25, 0.3) is 0 Å². The molecule has 0 heterocycles. The van der Waals surface area contributed by atoms with Crippen LogP contribution >= 0.6 is 11.6 Å². The third-order valence-corrected chi connectivity index (χ3v) is 6.36. The van der Waals surface area contributed by atoms with Gasteiger partial charge >= 0.3 is 0 Å². The molecule has 4 aliphatic carbocycles. The fourth-order valence-corrected chi connectivity index (χ4v) is 5.52. The van der Waals surface area contributed by atoms with E-state index in [1.165, 1.54) is 19.3 Å². The number of nitrogens with one attached hydrogen (secondary N) is 1. The molecular formula is C19H23ClN2O. The molecule has 0 aliphatic heterocycles. The van der Waals surface area contributed by atoms with Crippen molar-refractivity contribution in [3.8, 4) is 0 Å². The molecule has 0 spiro atoms. The molecule has 0 saturated heterocycles. The largest absolute Gasteiger partial charge is 0.273 e. The van der Waals surface area contributed by atoms with Crippen molar-refractivity contribution in [1.82, 2.24) is 5.43 Å². The third kappa shape index (κ3) is 2.80. The van der Waals surface area contributed by atoms with Crippen molar-refractivity contribution in [2.24, 2.45) is 28.3 Å². The summed E-state index contributed by atoms with van der Waals surface area (Å²) in [6.45, 7) is 1.92. The van der Waals surface area contributed by atoms with Crippen LogP contribution in [0.3, 0.4) is 0 Å². The van der Waals surface area contributed by atoms with Crippen molar-refractivity contribution in [3.05, 3.63) is 34.9 Å². The van der Waals surface area contributed by atoms with Gasteiger partial charge in [-0.15, -0.1) is 0 Å². The van der Waals surface area contributed by atoms with Gasteiger partial charge in [0.05, 0.1) is 11.1 Å². The standard InChI is InChI=1S/C19H23ClN2O/c1-12(16-2-4-17(20)5-3-16)21-22-18(23)19-9-13-6-14(10-19)8-15(7-13)11-19/h2-5,13-15H,6-11H2,1H3,(H,22,23)/b21-12+. The van der Waals surface area contributed by atoms with Crippen molar-refractivity contribution in [3.63, 3.8) is 0 Å². The molecule has 0 radical (unpaired) electrons. The fraction of sp³-hybridized carbons (Fsp3) is 0.579. The van der Waals surface area contributed by atoms with E-state index in [0.29, 0.717) is 5.02 Å². The summed E-state index contributed by atoms with van der Waals surface area (Å²) in [7, 11) is 0. The van der Waals surface area contributed by atoms with Gasteiger partial charge < -0.3 is 0 Å². The summed E-state index contributed by atoms with van der Waals surface area (Å²) in [6, 6.07) is 7.55. The van der Waals surface area contributed by atoms with Crippen molar-refractivity contribution < 1.29 is 4.79 Å². The van der Waals surface area contributed by atoms with Crippen LogP contribution in [0.15, 0.2) is 29.4 Å². The van der Waals surface area contributed by atoms with E-state index in [-0.39, 0.29) is 11.3 Å². The number of amides is 1. The van der Waals surface area contributed by atoms with Crippen LogP contribution < -0.4 is 5.43 Å². The molecule has 4 bridgehead atoms. The molecule has 4 heteroatoms. The first-order valence-corrected chi connectivity index (χ1v) is 9.02. The SMILES string of the molecule is C/C(=N\NC(=O)C12CC3CC(CC(C3)C1)C2)c1ccc(Cl)cc1. The van der Waals surface area contributed by atoms with Gasteiger partial charge in [-0.05, 0) is 80.9 Å². The van der Waals surface area contributed by atoms with Crippen LogP contribution in [0.2, 0.25) is 5.02 Å². The van der Waals surface area contributed by atoms with E-state index >= 15 is 0 Å². The molecule has 1 amide bonds. The number of halogens is 1. The number of carbonyl (C=O) groups is 1. The zero-order valence-electron chi connectivity index (χ0n) is 13.5. The first kappa shape index (κ1) is 15.2. The maximum absolute atomic E-state index is 12.8. The zero-order chi connectivity index (χ0) is 16.0. The molecular weight excluding hydrogens is 308 g/mol. The summed E-state index contributed by atoms with van der Waals surface area (Å²) in [4.78, 5) is 12.8. The Bertz CT molecular complexity index is 615. The molecule has 5 rings (SSSR count). The molecule has 23 heavy (non-hydrogen) atoms. The molecule has 4 fully saturated rings. The lowest BCUT2D eigenvalue weighted by molar-refractivity contribution is -0.146. The number of benzene rings is 1. The molecule has 122 valence electrons. The van der Waals surface area contributed by atoms with Crippen molar-refractivity contribution in [1.29, 1.82) is 0 Å². The lowest BCUT2D eigenvalue weighted by Gasteiger charge is -2.55. The summed E-state index contributed by atoms with van der Waals surface area (Å²) >= 11 is 5.91. The molecule has 4 aliphatic rings. The number of hydrazone groups is 1. The molecule has 3 nitrogen and oxygen atoms in total. The Labute approximate surface area is 142 Å². The molecule has 1 N–H and O–H groups in total. The Morgan fingerprint density at radius 2 is 1.61 bits per heavy atom. The van der Waals surface area contributed by atoms with Crippen molar-refractivity contribution >= 4 is 23.2 Å². The number of carbonyl (C=O) groups excluding carboxylic acids is 1. The number of hydrogen-bond acceptors (Lipinski definition) is 2. The van der Waals surface area contributed by atoms with Gasteiger partial charge in [0.25, 0.3) is 0 Å². The average Bonchev–Trinajstić information content (AvgIpc) is 2.51. The monoisotopic (exact) mass is 330 g/mol. The first-order valence-electron chi connectivity index (χ1n) is 8.65. The van der Waals surface area contributed by atoms with Crippen molar-refractivity contribution in [2.75, 3.05) is 0 Å². The minimum Gasteiger partial charge on any atom is -0.273 e. The Balaban J connectivity index is 1.47. The second-order valence-corrected chi connectivity index (χ2v) is 8.28. The number of nitrogens with zero attached hydrogens (tertiary/aromatic N) is 1. The van der Waals surface area contributed by atoms with E-state index in [9.17, 15) is 4.79 Å². The predicted molar refractivity (Wildman–Crippen MR) is 92.4 cm³/mol. The first-order chi connectivity index (χ1) is 11.0. The van der Waals surface area contributed by atoms with E-state index in [0.717, 1.165) is 48.3 Å². The van der Waals surface area contributed by atoms with Crippen LogP contribution in [-0.4, -0.2) is 11.6 Å². The molecule has 0 unspecified atom stereocenters. The summed E-state index contributed by atoms with van der Waals surface area (Å²) < 4.78 is 0. The predicted octanol–water partition coefficient (Wildman–Crippen LogP) is 4.40. The van der Waals surface area contributed by atoms with E-state index in [4.69, 9.17) is 11.6 Å². The molecule has 1 aromatic rings. The highest BCUT2D eigenvalue weighted by atomic mass is 35.5. The topological polar surface area (TPSA) is 41.5 Å². The van der Waals surface area contributed by atoms with E-state index in [2.05, 4.69) is 10.5 Å². The Morgan fingerprint density at radius 3 is 2.13 bits per heavy atom. The smallest absolute Gasteiger partial charge is 0.246 e. The van der Waals surface area contributed by atoms with Crippen LogP contribution in [0.4, 0.5) is 0 Å². The van der Waals surface area contributed by atoms with Gasteiger partial charge in [-0.3, -0.25) is 4.79 Å². The number of hydrogen-bond donors (Lipinski definition) is 1. The zero-order valence-corrected chi connectivity index (χ0v) is 14.3. The Morgan fingerprint density at radius 1 is 1.09 bits per heavy atom. The van der Waals surface area contributed by atoms with Crippen molar-refractivity contribution in [2.45, 2.75) is 45.4 Å². The molecule has 4 saturated carbocycles. The van der Waals surface area contributed by atoms with E-state index in [1.54, 1.807) is 0 Å². The second-order valence-electron chi connectivity index (χ2n) is 7.84. The van der Waals surface area contributed by atoms with Gasteiger partial charge in [0.15, 0.2) is 0 Å². The average molecular weight is 331 g/mol. The molecule has 0 atom stereocenters. The third-order valence-electron chi connectivity index (χ3n) is 6.11. The van der Waals surface area contributed by atoms with Gasteiger partial charge in [0.2, 0.25) is 5.91 Å². The van der Waals surface area contributed by atoms with E-state index in [1.807, 2.05) is 31.2 Å². The maximum atomic E-state index is 12.8. The lowest BCUT2D eigenvalue weighted by atomic mass is 9.49. The van der Waals surface area contributed by atoms with Crippen LogP contribution in [-0.2, 0) is 4.79 Å². The van der Waals surface area contributed by atoms with Gasteiger partial charge in [0.1, 0.15) is 0 Å². The maximum Gasteiger partial charge on any atom is 0.246 e. The Hall–Kier alpha value is -1.35. The molecule has 1 aromatic carbocycles. The van der Waals surface area contributed by atoms with Gasteiger partial charge in [-0.2, -0.15) is 5.10 Å². The minimum atomic E-state index is -0.140. The normalized spacial score (nSPS) is 35.4. The highest BCUT2D eigenvalue weighted by Gasteiger charge is 2.54. The number of rotatable bonds is 3. The highest BCUT2D eigenvalue weighted by molar-refractivity contribution is 6.30. The minimum absolute atomic E-state index is 0.140. The van der Waals surface area contributed by atoms with Gasteiger partial charge in [0, 0.05) is 5.02 Å².